The summed E-state index contributed by atoms with van der Waals surface area (Å²) in [5, 5.41) is 2.90. The molecule has 0 saturated carbocycles. The molecular formula is C13H9Cl2N3O3. The van der Waals surface area contributed by atoms with Crippen molar-refractivity contribution in [2.75, 3.05) is 12.4 Å². The van der Waals surface area contributed by atoms with Crippen molar-refractivity contribution in [1.82, 2.24) is 9.97 Å². The molecule has 0 bridgehead atoms. The maximum Gasteiger partial charge on any atom is 0.337 e. The number of amides is 1. The summed E-state index contributed by atoms with van der Waals surface area (Å²) in [5.74, 6) is -1.08. The summed E-state index contributed by atoms with van der Waals surface area (Å²) in [4.78, 5) is 31.1. The third-order valence-corrected chi connectivity index (χ3v) is 2.99. The zero-order chi connectivity index (χ0) is 15.4. The van der Waals surface area contributed by atoms with Crippen LogP contribution in [-0.2, 0) is 4.74 Å². The topological polar surface area (TPSA) is 81.2 Å². The smallest absolute Gasteiger partial charge is 0.337 e. The monoisotopic (exact) mass is 325 g/mol. The van der Waals surface area contributed by atoms with Crippen LogP contribution in [0.3, 0.4) is 0 Å². The molecule has 21 heavy (non-hydrogen) atoms. The highest BCUT2D eigenvalue weighted by atomic mass is 35.5. The standard InChI is InChI=1S/C13H9Cl2N3O3/c1-21-13(20)7-2-3-8(14)9(4-7)18-12(19)10-5-16-6-11(15)17-10/h2-6H,1H3,(H,18,19). The van der Waals surface area contributed by atoms with E-state index in [9.17, 15) is 9.59 Å². The number of halogens is 2. The van der Waals surface area contributed by atoms with Crippen molar-refractivity contribution in [3.05, 3.63) is 52.0 Å². The van der Waals surface area contributed by atoms with Crippen LogP contribution in [0.2, 0.25) is 10.2 Å². The van der Waals surface area contributed by atoms with Crippen LogP contribution in [0.25, 0.3) is 0 Å². The number of carbonyl (C=O) groups excluding carboxylic acids is 2. The van der Waals surface area contributed by atoms with Crippen molar-refractivity contribution in [1.29, 1.82) is 0 Å². The molecule has 0 aliphatic rings. The van der Waals surface area contributed by atoms with Crippen molar-refractivity contribution >= 4 is 40.8 Å². The van der Waals surface area contributed by atoms with Gasteiger partial charge in [0, 0.05) is 0 Å². The first kappa shape index (κ1) is 15.2. The fourth-order valence-electron chi connectivity index (χ4n) is 1.50. The second-order valence-corrected chi connectivity index (χ2v) is 4.66. The van der Waals surface area contributed by atoms with E-state index in [1.807, 2.05) is 0 Å². The third-order valence-electron chi connectivity index (χ3n) is 2.47. The van der Waals surface area contributed by atoms with E-state index in [1.54, 1.807) is 0 Å². The van der Waals surface area contributed by atoms with Crippen LogP contribution in [-0.4, -0.2) is 29.0 Å². The number of rotatable bonds is 3. The second-order valence-electron chi connectivity index (χ2n) is 3.87. The molecule has 1 N–H and O–H groups in total. The Labute approximate surface area is 130 Å². The molecule has 0 aliphatic carbocycles. The van der Waals surface area contributed by atoms with E-state index in [0.29, 0.717) is 0 Å². The highest BCUT2D eigenvalue weighted by molar-refractivity contribution is 6.34. The number of hydrogen-bond acceptors (Lipinski definition) is 5. The van der Waals surface area contributed by atoms with Gasteiger partial charge in [-0.05, 0) is 18.2 Å². The first-order chi connectivity index (χ1) is 10.0. The average molecular weight is 326 g/mol. The first-order valence-corrected chi connectivity index (χ1v) is 6.43. The normalized spacial score (nSPS) is 10.0. The number of anilines is 1. The molecule has 0 fully saturated rings. The number of aromatic nitrogens is 2. The van der Waals surface area contributed by atoms with Gasteiger partial charge in [0.2, 0.25) is 0 Å². The summed E-state index contributed by atoms with van der Waals surface area (Å²) in [6.07, 6.45) is 2.57. The van der Waals surface area contributed by atoms with Crippen LogP contribution in [0.15, 0.2) is 30.6 Å². The predicted octanol–water partition coefficient (Wildman–Crippen LogP) is 2.82. The second kappa shape index (κ2) is 6.51. The molecule has 0 spiro atoms. The van der Waals surface area contributed by atoms with Crippen LogP contribution in [0.4, 0.5) is 5.69 Å². The number of ether oxygens (including phenoxy) is 1. The summed E-state index contributed by atoms with van der Waals surface area (Å²) in [6, 6.07) is 4.38. The summed E-state index contributed by atoms with van der Waals surface area (Å²) < 4.78 is 4.60. The number of esters is 1. The van der Waals surface area contributed by atoms with Gasteiger partial charge in [-0.3, -0.25) is 9.78 Å². The van der Waals surface area contributed by atoms with Crippen LogP contribution in [0, 0.1) is 0 Å². The van der Waals surface area contributed by atoms with Crippen LogP contribution >= 0.6 is 23.2 Å². The summed E-state index contributed by atoms with van der Waals surface area (Å²) in [5.41, 5.74) is 0.544. The molecule has 1 aromatic heterocycles. The van der Waals surface area contributed by atoms with Gasteiger partial charge < -0.3 is 10.1 Å². The Morgan fingerprint density at radius 3 is 2.67 bits per heavy atom. The lowest BCUT2D eigenvalue weighted by molar-refractivity contribution is 0.0600. The quantitative estimate of drug-likeness (QED) is 0.877. The third kappa shape index (κ3) is 3.68. The molecule has 1 amide bonds. The van der Waals surface area contributed by atoms with Gasteiger partial charge in [-0.25, -0.2) is 9.78 Å². The zero-order valence-corrected chi connectivity index (χ0v) is 12.3. The number of hydrogen-bond donors (Lipinski definition) is 1. The molecule has 0 unspecified atom stereocenters. The minimum absolute atomic E-state index is 0.0297. The van der Waals surface area contributed by atoms with Gasteiger partial charge in [-0.15, -0.1) is 0 Å². The average Bonchev–Trinajstić information content (AvgIpc) is 2.48. The van der Waals surface area contributed by atoms with Gasteiger partial charge in [0.15, 0.2) is 0 Å². The Morgan fingerprint density at radius 2 is 2.00 bits per heavy atom. The fourth-order valence-corrected chi connectivity index (χ4v) is 1.82. The largest absolute Gasteiger partial charge is 0.465 e. The Hall–Kier alpha value is -2.18. The Morgan fingerprint density at radius 1 is 1.24 bits per heavy atom. The lowest BCUT2D eigenvalue weighted by Gasteiger charge is -2.08. The van der Waals surface area contributed by atoms with Crippen molar-refractivity contribution in [2.45, 2.75) is 0 Å². The molecule has 108 valence electrons. The molecule has 0 aliphatic heterocycles. The molecule has 0 atom stereocenters. The lowest BCUT2D eigenvalue weighted by Crippen LogP contribution is -2.15. The van der Waals surface area contributed by atoms with E-state index in [1.165, 1.54) is 37.7 Å². The van der Waals surface area contributed by atoms with Crippen molar-refractivity contribution in [3.63, 3.8) is 0 Å². The van der Waals surface area contributed by atoms with Crippen molar-refractivity contribution < 1.29 is 14.3 Å². The molecule has 1 heterocycles. The van der Waals surface area contributed by atoms with E-state index in [0.717, 1.165) is 0 Å². The summed E-state index contributed by atoms with van der Waals surface area (Å²) >= 11 is 11.6. The van der Waals surface area contributed by atoms with E-state index in [2.05, 4.69) is 20.0 Å². The molecule has 2 aromatic rings. The van der Waals surface area contributed by atoms with Crippen LogP contribution in [0.1, 0.15) is 20.8 Å². The molecule has 1 aromatic carbocycles. The van der Waals surface area contributed by atoms with E-state index in [-0.39, 0.29) is 27.1 Å². The molecular weight excluding hydrogens is 317 g/mol. The summed E-state index contributed by atoms with van der Waals surface area (Å²) in [7, 11) is 1.26. The van der Waals surface area contributed by atoms with E-state index < -0.39 is 11.9 Å². The maximum atomic E-state index is 12.0. The van der Waals surface area contributed by atoms with Crippen LogP contribution in [0.5, 0.6) is 0 Å². The Bertz CT molecular complexity index is 707. The zero-order valence-electron chi connectivity index (χ0n) is 10.8. The minimum atomic E-state index is -0.547. The number of nitrogens with one attached hydrogen (secondary N) is 1. The van der Waals surface area contributed by atoms with Gasteiger partial charge in [0.25, 0.3) is 5.91 Å². The predicted molar refractivity (Wildman–Crippen MR) is 77.8 cm³/mol. The van der Waals surface area contributed by atoms with E-state index >= 15 is 0 Å². The molecule has 6 nitrogen and oxygen atoms in total. The maximum absolute atomic E-state index is 12.0. The van der Waals surface area contributed by atoms with Gasteiger partial charge in [-0.1, -0.05) is 23.2 Å². The highest BCUT2D eigenvalue weighted by Gasteiger charge is 2.13. The van der Waals surface area contributed by atoms with Gasteiger partial charge >= 0.3 is 5.97 Å². The fraction of sp³-hybridized carbons (Fsp3) is 0.0769. The van der Waals surface area contributed by atoms with Gasteiger partial charge in [-0.2, -0.15) is 0 Å². The number of benzene rings is 1. The van der Waals surface area contributed by atoms with Crippen molar-refractivity contribution in [3.8, 4) is 0 Å². The Balaban J connectivity index is 2.26. The molecule has 0 saturated heterocycles. The highest BCUT2D eigenvalue weighted by Crippen LogP contribution is 2.24. The SMILES string of the molecule is COC(=O)c1ccc(Cl)c(NC(=O)c2cncc(Cl)n2)c1. The summed E-state index contributed by atoms with van der Waals surface area (Å²) in [6.45, 7) is 0. The number of methoxy groups -OCH3 is 1. The van der Waals surface area contributed by atoms with Crippen LogP contribution < -0.4 is 5.32 Å². The van der Waals surface area contributed by atoms with Gasteiger partial charge in [0.1, 0.15) is 10.8 Å². The first-order valence-electron chi connectivity index (χ1n) is 5.68. The number of nitrogens with zero attached hydrogens (tertiary/aromatic N) is 2. The lowest BCUT2D eigenvalue weighted by atomic mass is 10.2. The minimum Gasteiger partial charge on any atom is -0.465 e. The molecule has 0 radical (unpaired) electrons. The van der Waals surface area contributed by atoms with Crippen molar-refractivity contribution in [2.24, 2.45) is 0 Å². The Kier molecular flexibility index (Phi) is 4.72. The molecule has 8 heteroatoms. The molecule has 2 rings (SSSR count). The van der Waals surface area contributed by atoms with E-state index in [4.69, 9.17) is 23.2 Å². The van der Waals surface area contributed by atoms with Gasteiger partial charge in [0.05, 0.1) is 35.8 Å². The number of carbonyl (C=O) groups is 2.